The van der Waals surface area contributed by atoms with Crippen molar-refractivity contribution in [1.82, 2.24) is 0 Å². The molecule has 0 radical (unpaired) electrons. The SMILES string of the molecule is COc1ccc(C=NN=C(C(=O)c2ccccc2)c2ccccc2)cc1. The number of rotatable bonds is 6. The van der Waals surface area contributed by atoms with Crippen LogP contribution in [0.25, 0.3) is 0 Å². The van der Waals surface area contributed by atoms with E-state index < -0.39 is 0 Å². The average Bonchev–Trinajstić information content (AvgIpc) is 2.72. The quantitative estimate of drug-likeness (QED) is 0.379. The Kier molecular flexibility index (Phi) is 5.68. The third kappa shape index (κ3) is 4.30. The van der Waals surface area contributed by atoms with Gasteiger partial charge in [0, 0.05) is 11.1 Å². The molecule has 0 aliphatic heterocycles. The van der Waals surface area contributed by atoms with Crippen LogP contribution in [0.4, 0.5) is 0 Å². The van der Waals surface area contributed by atoms with E-state index in [0.29, 0.717) is 11.3 Å². The highest BCUT2D eigenvalue weighted by Gasteiger charge is 2.15. The van der Waals surface area contributed by atoms with Crippen LogP contribution in [0, 0.1) is 0 Å². The summed E-state index contributed by atoms with van der Waals surface area (Å²) in [7, 11) is 1.62. The number of hydrogen-bond donors (Lipinski definition) is 0. The van der Waals surface area contributed by atoms with Crippen LogP contribution in [0.5, 0.6) is 5.75 Å². The van der Waals surface area contributed by atoms with Gasteiger partial charge < -0.3 is 4.74 Å². The number of carbonyl (C=O) groups is 1. The Labute approximate surface area is 152 Å². The van der Waals surface area contributed by atoms with Gasteiger partial charge >= 0.3 is 0 Å². The van der Waals surface area contributed by atoms with Gasteiger partial charge in [0.2, 0.25) is 5.78 Å². The zero-order valence-corrected chi connectivity index (χ0v) is 14.4. The minimum absolute atomic E-state index is 0.163. The van der Waals surface area contributed by atoms with Crippen molar-refractivity contribution in [2.45, 2.75) is 0 Å². The zero-order chi connectivity index (χ0) is 18.2. The lowest BCUT2D eigenvalue weighted by atomic mass is 10.0. The topological polar surface area (TPSA) is 51.0 Å². The fraction of sp³-hybridized carbons (Fsp3) is 0.0455. The fourth-order valence-corrected chi connectivity index (χ4v) is 2.40. The van der Waals surface area contributed by atoms with Gasteiger partial charge in [-0.05, 0) is 29.8 Å². The van der Waals surface area contributed by atoms with Gasteiger partial charge in [-0.1, -0.05) is 60.7 Å². The second-order valence-corrected chi connectivity index (χ2v) is 5.53. The number of hydrogen-bond acceptors (Lipinski definition) is 4. The molecular formula is C22H18N2O2. The molecule has 3 aromatic carbocycles. The normalized spacial score (nSPS) is 11.5. The third-order valence-electron chi connectivity index (χ3n) is 3.78. The van der Waals surface area contributed by atoms with E-state index in [0.717, 1.165) is 16.9 Å². The van der Waals surface area contributed by atoms with Crippen molar-refractivity contribution in [1.29, 1.82) is 0 Å². The molecule has 3 aromatic rings. The predicted molar refractivity (Wildman–Crippen MR) is 104 cm³/mol. The third-order valence-corrected chi connectivity index (χ3v) is 3.78. The van der Waals surface area contributed by atoms with Gasteiger partial charge in [0.15, 0.2) is 0 Å². The molecule has 0 aliphatic rings. The summed E-state index contributed by atoms with van der Waals surface area (Å²) in [6.07, 6.45) is 1.61. The second-order valence-electron chi connectivity index (χ2n) is 5.53. The van der Waals surface area contributed by atoms with Crippen LogP contribution in [0.15, 0.2) is 95.1 Å². The lowest BCUT2D eigenvalue weighted by molar-refractivity contribution is 0.106. The fourth-order valence-electron chi connectivity index (χ4n) is 2.40. The van der Waals surface area contributed by atoms with E-state index in [1.807, 2.05) is 72.8 Å². The van der Waals surface area contributed by atoms with Crippen molar-refractivity contribution < 1.29 is 9.53 Å². The van der Waals surface area contributed by atoms with Crippen molar-refractivity contribution in [2.24, 2.45) is 10.2 Å². The lowest BCUT2D eigenvalue weighted by Crippen LogP contribution is -2.15. The molecule has 0 unspecified atom stereocenters. The van der Waals surface area contributed by atoms with Crippen LogP contribution in [0.2, 0.25) is 0 Å². The van der Waals surface area contributed by atoms with Gasteiger partial charge in [0.05, 0.1) is 13.3 Å². The molecule has 0 saturated carbocycles. The minimum atomic E-state index is -0.163. The van der Waals surface area contributed by atoms with Crippen molar-refractivity contribution in [2.75, 3.05) is 7.11 Å². The Bertz CT molecular complexity index is 915. The molecule has 0 aliphatic carbocycles. The van der Waals surface area contributed by atoms with Crippen molar-refractivity contribution >= 4 is 17.7 Å². The number of benzene rings is 3. The minimum Gasteiger partial charge on any atom is -0.497 e. The Morgan fingerprint density at radius 1 is 0.808 bits per heavy atom. The summed E-state index contributed by atoms with van der Waals surface area (Å²) in [5.41, 5.74) is 2.48. The van der Waals surface area contributed by atoms with Crippen LogP contribution >= 0.6 is 0 Å². The summed E-state index contributed by atoms with van der Waals surface area (Å²) in [6.45, 7) is 0. The van der Waals surface area contributed by atoms with Crippen LogP contribution in [0.1, 0.15) is 21.5 Å². The van der Waals surface area contributed by atoms with Crippen molar-refractivity contribution in [3.05, 3.63) is 102 Å². The number of ketones is 1. The molecule has 0 bridgehead atoms. The highest BCUT2D eigenvalue weighted by Crippen LogP contribution is 2.11. The molecule has 4 heteroatoms. The number of Topliss-reactive ketones (excluding diaryl/α,β-unsaturated/α-hetero) is 1. The summed E-state index contributed by atoms with van der Waals surface area (Å²) < 4.78 is 5.13. The highest BCUT2D eigenvalue weighted by molar-refractivity contribution is 6.51. The average molecular weight is 342 g/mol. The molecule has 0 saturated heterocycles. The highest BCUT2D eigenvalue weighted by atomic mass is 16.5. The number of ether oxygens (including phenoxy) is 1. The first-order valence-corrected chi connectivity index (χ1v) is 8.18. The molecule has 4 nitrogen and oxygen atoms in total. The van der Waals surface area contributed by atoms with Crippen LogP contribution < -0.4 is 4.74 Å². The molecule has 0 atom stereocenters. The monoisotopic (exact) mass is 342 g/mol. The summed E-state index contributed by atoms with van der Waals surface area (Å²) in [4.78, 5) is 12.8. The van der Waals surface area contributed by atoms with E-state index in [1.165, 1.54) is 0 Å². The first kappa shape index (κ1) is 17.3. The second kappa shape index (κ2) is 8.53. The van der Waals surface area contributed by atoms with E-state index in [4.69, 9.17) is 4.74 Å². The Morgan fingerprint density at radius 2 is 1.38 bits per heavy atom. The first-order valence-electron chi connectivity index (χ1n) is 8.18. The van der Waals surface area contributed by atoms with Crippen LogP contribution in [0.3, 0.4) is 0 Å². The number of nitrogens with zero attached hydrogens (tertiary/aromatic N) is 2. The van der Waals surface area contributed by atoms with Gasteiger partial charge in [-0.25, -0.2) is 0 Å². The summed E-state index contributed by atoms with van der Waals surface area (Å²) >= 11 is 0. The van der Waals surface area contributed by atoms with Crippen molar-refractivity contribution in [3.8, 4) is 5.75 Å². The molecule has 0 spiro atoms. The molecule has 0 aromatic heterocycles. The van der Waals surface area contributed by atoms with E-state index in [2.05, 4.69) is 10.2 Å². The van der Waals surface area contributed by atoms with Gasteiger partial charge in [0.1, 0.15) is 11.5 Å². The lowest BCUT2D eigenvalue weighted by Gasteiger charge is -2.04. The summed E-state index contributed by atoms with van der Waals surface area (Å²) in [6, 6.07) is 25.9. The molecule has 128 valence electrons. The van der Waals surface area contributed by atoms with E-state index in [1.54, 1.807) is 25.5 Å². The molecule has 0 heterocycles. The zero-order valence-electron chi connectivity index (χ0n) is 14.4. The van der Waals surface area contributed by atoms with Crippen molar-refractivity contribution in [3.63, 3.8) is 0 Å². The largest absolute Gasteiger partial charge is 0.497 e. The van der Waals surface area contributed by atoms with Gasteiger partial charge in [-0.15, -0.1) is 5.10 Å². The maximum absolute atomic E-state index is 12.8. The van der Waals surface area contributed by atoms with Gasteiger partial charge in [0.25, 0.3) is 0 Å². The summed E-state index contributed by atoms with van der Waals surface area (Å²) in [5.74, 6) is 0.610. The van der Waals surface area contributed by atoms with Crippen LogP contribution in [-0.2, 0) is 0 Å². The maximum Gasteiger partial charge on any atom is 0.213 e. The van der Waals surface area contributed by atoms with E-state index >= 15 is 0 Å². The molecule has 26 heavy (non-hydrogen) atoms. The standard InChI is InChI=1S/C22H18N2O2/c1-26-20-14-12-17(13-15-20)16-23-24-21(18-8-4-2-5-9-18)22(25)19-10-6-3-7-11-19/h2-16H,1H3. The van der Waals surface area contributed by atoms with Gasteiger partial charge in [-0.2, -0.15) is 5.10 Å². The number of carbonyl (C=O) groups excluding carboxylic acids is 1. The first-order chi connectivity index (χ1) is 12.8. The molecule has 0 fully saturated rings. The molecule has 3 rings (SSSR count). The smallest absolute Gasteiger partial charge is 0.213 e. The van der Waals surface area contributed by atoms with E-state index in [-0.39, 0.29) is 5.78 Å². The molecule has 0 N–H and O–H groups in total. The Hall–Kier alpha value is -3.53. The van der Waals surface area contributed by atoms with Gasteiger partial charge in [-0.3, -0.25) is 4.79 Å². The Balaban J connectivity index is 1.91. The number of methoxy groups -OCH3 is 1. The predicted octanol–water partition coefficient (Wildman–Crippen LogP) is 4.40. The molecule has 0 amide bonds. The van der Waals surface area contributed by atoms with Crippen LogP contribution in [-0.4, -0.2) is 24.8 Å². The van der Waals surface area contributed by atoms with E-state index in [9.17, 15) is 4.79 Å². The maximum atomic E-state index is 12.8. The molecular weight excluding hydrogens is 324 g/mol. The summed E-state index contributed by atoms with van der Waals surface area (Å²) in [5, 5.41) is 8.34. The Morgan fingerprint density at radius 3 is 1.96 bits per heavy atom.